The van der Waals surface area contributed by atoms with Crippen LogP contribution in [0.3, 0.4) is 0 Å². The van der Waals surface area contributed by atoms with Gasteiger partial charge in [-0.15, -0.1) is 0 Å². The minimum atomic E-state index is 0.108. The maximum Gasteiger partial charge on any atom is 0.0947 e. The second kappa shape index (κ2) is 9.89. The van der Waals surface area contributed by atoms with Gasteiger partial charge in [-0.1, -0.05) is 39.8 Å². The molecule has 0 atom stereocenters. The molecule has 0 radical (unpaired) electrons. The first-order valence-corrected chi connectivity index (χ1v) is 9.49. The zero-order valence-corrected chi connectivity index (χ0v) is 13.4. The predicted molar refractivity (Wildman–Crippen MR) is 72.5 cm³/mol. The highest BCUT2D eigenvalue weighted by molar-refractivity contribution is 6.38. The highest BCUT2D eigenvalue weighted by atomic mass is 28.2. The van der Waals surface area contributed by atoms with E-state index in [4.69, 9.17) is 0 Å². The summed E-state index contributed by atoms with van der Waals surface area (Å²) in [6, 6.07) is 3.09. The Balaban J connectivity index is 3.35. The van der Waals surface area contributed by atoms with E-state index in [1.165, 1.54) is 26.2 Å². The van der Waals surface area contributed by atoms with Crippen LogP contribution in [0.15, 0.2) is 0 Å². The van der Waals surface area contributed by atoms with Gasteiger partial charge in [-0.3, -0.25) is 0 Å². The average Bonchev–Trinajstić information content (AvgIpc) is 2.24. The van der Waals surface area contributed by atoms with Gasteiger partial charge in [0, 0.05) is 0 Å². The molecule has 0 aromatic carbocycles. The van der Waals surface area contributed by atoms with Crippen LogP contribution in [-0.2, 0) is 0 Å². The zero-order valence-electron chi connectivity index (χ0n) is 10.6. The second-order valence-electron chi connectivity index (χ2n) is 3.76. The molecule has 0 amide bonds. The Bertz CT molecular complexity index is 101. The van der Waals surface area contributed by atoms with Crippen LogP contribution in [0.4, 0.5) is 0 Å². The summed E-state index contributed by atoms with van der Waals surface area (Å²) in [5.41, 5.74) is 0. The molecule has 0 saturated carbocycles. The molecule has 0 unspecified atom stereocenters. The third-order valence-electron chi connectivity index (χ3n) is 2.99. The molecule has 0 saturated heterocycles. The molecule has 0 fully saturated rings. The van der Waals surface area contributed by atoms with Crippen molar-refractivity contribution in [3.63, 3.8) is 0 Å². The van der Waals surface area contributed by atoms with Crippen LogP contribution < -0.4 is 0 Å². The smallest absolute Gasteiger partial charge is 0.0947 e. The largest absolute Gasteiger partial charge is 0.330 e. The Kier molecular flexibility index (Phi) is 10.1. The molecule has 0 bridgehead atoms. The zero-order chi connectivity index (χ0) is 10.8. The minimum absolute atomic E-state index is 0.108. The Morgan fingerprint density at radius 1 is 0.643 bits per heavy atom. The highest BCUT2D eigenvalue weighted by Gasteiger charge is 2.02. The van der Waals surface area contributed by atoms with Crippen LogP contribution in [0, 0.1) is 0 Å². The molecule has 0 aliphatic rings. The molecular formula is C10H28N2Si2. The van der Waals surface area contributed by atoms with Crippen LogP contribution in [-0.4, -0.2) is 54.7 Å². The van der Waals surface area contributed by atoms with E-state index in [1.807, 2.05) is 0 Å². The summed E-state index contributed by atoms with van der Waals surface area (Å²) in [6.45, 7) is 14.3. The monoisotopic (exact) mass is 232 g/mol. The van der Waals surface area contributed by atoms with Crippen molar-refractivity contribution >= 4 is 19.4 Å². The third-order valence-corrected chi connectivity index (χ3v) is 8.67. The van der Waals surface area contributed by atoms with Crippen LogP contribution in [0.2, 0.25) is 12.1 Å². The van der Waals surface area contributed by atoms with E-state index >= 15 is 0 Å². The molecule has 14 heavy (non-hydrogen) atoms. The molecule has 86 valence electrons. The van der Waals surface area contributed by atoms with Crippen molar-refractivity contribution in [2.45, 2.75) is 39.8 Å². The van der Waals surface area contributed by atoms with Gasteiger partial charge in [0.1, 0.15) is 0 Å². The Morgan fingerprint density at radius 2 is 0.929 bits per heavy atom. The standard InChI is InChI=1S/C10H28N2Si2/c1-5-11(6-2)13-9-10-14-12(7-3)8-4/h5-10,13-14H2,1-4H3. The SMILES string of the molecule is CCN(CC)[SiH2]CC[SiH2]N(CC)CC. The van der Waals surface area contributed by atoms with Crippen LogP contribution in [0.1, 0.15) is 27.7 Å². The lowest BCUT2D eigenvalue weighted by atomic mass is 10.7. The van der Waals surface area contributed by atoms with Crippen molar-refractivity contribution in [2.75, 3.05) is 26.2 Å². The summed E-state index contributed by atoms with van der Waals surface area (Å²) in [5.74, 6) is 0. The van der Waals surface area contributed by atoms with Gasteiger partial charge in [0.05, 0.1) is 19.4 Å². The number of hydrogen-bond donors (Lipinski definition) is 0. The summed E-state index contributed by atoms with van der Waals surface area (Å²) in [6.07, 6.45) is 0. The Labute approximate surface area is 94.9 Å². The van der Waals surface area contributed by atoms with Gasteiger partial charge >= 0.3 is 0 Å². The maximum absolute atomic E-state index is 2.66. The molecule has 0 heterocycles. The van der Waals surface area contributed by atoms with Crippen molar-refractivity contribution in [3.8, 4) is 0 Å². The van der Waals surface area contributed by atoms with Gasteiger partial charge in [-0.25, -0.2) is 0 Å². The van der Waals surface area contributed by atoms with E-state index in [1.54, 1.807) is 12.1 Å². The topological polar surface area (TPSA) is 6.48 Å². The van der Waals surface area contributed by atoms with Crippen LogP contribution >= 0.6 is 0 Å². The van der Waals surface area contributed by atoms with E-state index < -0.39 is 0 Å². The quantitative estimate of drug-likeness (QED) is 0.426. The summed E-state index contributed by atoms with van der Waals surface area (Å²) in [7, 11) is 0.217. The summed E-state index contributed by atoms with van der Waals surface area (Å²) in [5, 5.41) is 0. The number of hydrogen-bond acceptors (Lipinski definition) is 2. The lowest BCUT2D eigenvalue weighted by molar-refractivity contribution is 0.486. The highest BCUT2D eigenvalue weighted by Crippen LogP contribution is 1.96. The normalized spacial score (nSPS) is 13.3. The van der Waals surface area contributed by atoms with Crippen molar-refractivity contribution in [2.24, 2.45) is 0 Å². The summed E-state index contributed by atoms with van der Waals surface area (Å²) in [4.78, 5) is 0. The molecule has 0 aliphatic carbocycles. The van der Waals surface area contributed by atoms with Crippen LogP contribution in [0.25, 0.3) is 0 Å². The van der Waals surface area contributed by atoms with E-state index in [9.17, 15) is 0 Å². The number of nitrogens with zero attached hydrogens (tertiary/aromatic N) is 2. The summed E-state index contributed by atoms with van der Waals surface area (Å²) < 4.78 is 5.33. The first-order chi connectivity index (χ1) is 6.78. The van der Waals surface area contributed by atoms with Gasteiger partial charge in [-0.05, 0) is 26.2 Å². The molecule has 0 N–H and O–H groups in total. The van der Waals surface area contributed by atoms with Gasteiger partial charge in [0.25, 0.3) is 0 Å². The van der Waals surface area contributed by atoms with Crippen molar-refractivity contribution in [1.29, 1.82) is 0 Å². The fraction of sp³-hybridized carbons (Fsp3) is 1.00. The molecular weight excluding hydrogens is 204 g/mol. The predicted octanol–water partition coefficient (Wildman–Crippen LogP) is 0.674. The van der Waals surface area contributed by atoms with E-state index in [0.29, 0.717) is 0 Å². The fourth-order valence-corrected chi connectivity index (χ4v) is 5.70. The summed E-state index contributed by atoms with van der Waals surface area (Å²) >= 11 is 0. The van der Waals surface area contributed by atoms with Gasteiger partial charge in [0.2, 0.25) is 0 Å². The van der Waals surface area contributed by atoms with E-state index in [0.717, 1.165) is 0 Å². The van der Waals surface area contributed by atoms with Gasteiger partial charge < -0.3 is 9.13 Å². The Hall–Kier alpha value is 0.354. The van der Waals surface area contributed by atoms with Crippen molar-refractivity contribution < 1.29 is 0 Å². The second-order valence-corrected chi connectivity index (χ2v) is 7.86. The van der Waals surface area contributed by atoms with Gasteiger partial charge in [-0.2, -0.15) is 0 Å². The lowest BCUT2D eigenvalue weighted by Crippen LogP contribution is -2.30. The lowest BCUT2D eigenvalue weighted by Gasteiger charge is -2.20. The number of rotatable bonds is 9. The molecule has 0 spiro atoms. The first kappa shape index (κ1) is 14.4. The fourth-order valence-electron chi connectivity index (χ4n) is 1.75. The van der Waals surface area contributed by atoms with E-state index in [2.05, 4.69) is 36.8 Å². The Morgan fingerprint density at radius 3 is 1.14 bits per heavy atom. The first-order valence-electron chi connectivity index (χ1n) is 6.23. The molecule has 0 aromatic heterocycles. The average molecular weight is 233 g/mol. The minimum Gasteiger partial charge on any atom is -0.330 e. The molecule has 4 heteroatoms. The maximum atomic E-state index is 2.66. The van der Waals surface area contributed by atoms with Crippen molar-refractivity contribution in [1.82, 2.24) is 9.13 Å². The molecule has 2 nitrogen and oxygen atoms in total. The van der Waals surface area contributed by atoms with Crippen LogP contribution in [0.5, 0.6) is 0 Å². The van der Waals surface area contributed by atoms with Gasteiger partial charge in [0.15, 0.2) is 0 Å². The molecule has 0 aromatic rings. The molecule has 0 rings (SSSR count). The molecule has 0 aliphatic heterocycles. The van der Waals surface area contributed by atoms with E-state index in [-0.39, 0.29) is 19.4 Å². The van der Waals surface area contributed by atoms with Crippen molar-refractivity contribution in [3.05, 3.63) is 0 Å². The third kappa shape index (κ3) is 6.76.